The predicted octanol–water partition coefficient (Wildman–Crippen LogP) is 4.20. The maximum atomic E-state index is 13.3. The van der Waals surface area contributed by atoms with Crippen LogP contribution in [0.2, 0.25) is 0 Å². The Kier molecular flexibility index (Phi) is 11.3. The Morgan fingerprint density at radius 3 is 2.42 bits per heavy atom. The first-order valence-corrected chi connectivity index (χ1v) is 12.0. The highest BCUT2D eigenvalue weighted by molar-refractivity contribution is 5.78. The van der Waals surface area contributed by atoms with Crippen LogP contribution in [0.15, 0.2) is 30.3 Å². The van der Waals surface area contributed by atoms with Crippen molar-refractivity contribution in [3.05, 3.63) is 41.2 Å². The number of ether oxygens (including phenoxy) is 3. The standard InChI is InChI=1S/C26H41N2O5/c1-7-18(2)24(27-4)22(31-5)16-23(29)28-15-11-14-21(28)25(32-6)19(3)26(30)33-17-20-12-9-8-10-13-20/h8-10,12-13,18-19,21-22,24-25H,7,11,14-17H2,1-6H3/q-1/t18-,19+,21-,22+,24-,25+/m0/s1. The summed E-state index contributed by atoms with van der Waals surface area (Å²) in [5.74, 6) is -0.461. The number of carbonyl (C=O) groups excluding carboxylic acids is 2. The third kappa shape index (κ3) is 7.26. The molecule has 1 aliphatic rings. The number of nitrogens with zero attached hydrogens (tertiary/aromatic N) is 2. The van der Waals surface area contributed by atoms with Crippen molar-refractivity contribution in [2.24, 2.45) is 11.8 Å². The first kappa shape index (κ1) is 27.3. The van der Waals surface area contributed by atoms with Crippen LogP contribution in [0.25, 0.3) is 5.32 Å². The molecule has 1 aliphatic heterocycles. The fourth-order valence-corrected chi connectivity index (χ4v) is 4.79. The lowest BCUT2D eigenvalue weighted by atomic mass is 9.92. The number of methoxy groups -OCH3 is 2. The monoisotopic (exact) mass is 461 g/mol. The van der Waals surface area contributed by atoms with Crippen LogP contribution in [0.1, 0.15) is 52.0 Å². The van der Waals surface area contributed by atoms with Gasteiger partial charge in [-0.25, -0.2) is 0 Å². The average Bonchev–Trinajstić information content (AvgIpc) is 3.32. The van der Waals surface area contributed by atoms with Crippen molar-refractivity contribution in [1.29, 1.82) is 0 Å². The van der Waals surface area contributed by atoms with Crippen LogP contribution in [0.5, 0.6) is 0 Å². The minimum Gasteiger partial charge on any atom is -0.660 e. The molecule has 0 N–H and O–H groups in total. The number of amides is 1. The molecule has 1 heterocycles. The van der Waals surface area contributed by atoms with E-state index in [1.807, 2.05) is 42.2 Å². The second-order valence-corrected chi connectivity index (χ2v) is 8.99. The molecule has 0 saturated carbocycles. The summed E-state index contributed by atoms with van der Waals surface area (Å²) in [6, 6.07) is 9.40. The zero-order valence-corrected chi connectivity index (χ0v) is 21.0. The smallest absolute Gasteiger partial charge is 0.311 e. The lowest BCUT2D eigenvalue weighted by Gasteiger charge is -2.41. The maximum absolute atomic E-state index is 13.3. The summed E-state index contributed by atoms with van der Waals surface area (Å²) < 4.78 is 17.0. The van der Waals surface area contributed by atoms with Crippen molar-refractivity contribution >= 4 is 11.9 Å². The Hall–Kier alpha value is -1.96. The van der Waals surface area contributed by atoms with E-state index in [4.69, 9.17) is 14.2 Å². The van der Waals surface area contributed by atoms with Gasteiger partial charge in [0.1, 0.15) is 6.61 Å². The van der Waals surface area contributed by atoms with Gasteiger partial charge in [0.15, 0.2) is 0 Å². The van der Waals surface area contributed by atoms with E-state index in [9.17, 15) is 9.59 Å². The fraction of sp³-hybridized carbons (Fsp3) is 0.692. The summed E-state index contributed by atoms with van der Waals surface area (Å²) in [6.45, 7) is 6.95. The molecule has 1 saturated heterocycles. The van der Waals surface area contributed by atoms with Gasteiger partial charge in [0.05, 0.1) is 30.6 Å². The van der Waals surface area contributed by atoms with Crippen LogP contribution < -0.4 is 0 Å². The first-order chi connectivity index (χ1) is 15.9. The molecule has 1 aromatic rings. The topological polar surface area (TPSA) is 79.2 Å². The Labute approximate surface area is 199 Å². The number of hydrogen-bond acceptors (Lipinski definition) is 5. The van der Waals surface area contributed by atoms with Crippen molar-refractivity contribution in [1.82, 2.24) is 4.90 Å². The van der Waals surface area contributed by atoms with Crippen molar-refractivity contribution in [2.45, 2.75) is 77.4 Å². The van der Waals surface area contributed by atoms with E-state index < -0.39 is 12.0 Å². The maximum Gasteiger partial charge on any atom is 0.311 e. The molecule has 0 aromatic heterocycles. The van der Waals surface area contributed by atoms with E-state index in [1.54, 1.807) is 21.3 Å². The largest absolute Gasteiger partial charge is 0.660 e. The van der Waals surface area contributed by atoms with E-state index in [0.717, 1.165) is 24.8 Å². The second-order valence-electron chi connectivity index (χ2n) is 8.99. The van der Waals surface area contributed by atoms with Crippen LogP contribution in [0.4, 0.5) is 0 Å². The summed E-state index contributed by atoms with van der Waals surface area (Å²) in [5.41, 5.74) is 0.937. The quantitative estimate of drug-likeness (QED) is 0.412. The SMILES string of the molecule is CC[C@H](C)[C@H]([N-]C)[C@@H](CC(=O)N1CCC[C@H]1[C@H](OC)[C@@H](C)C(=O)OCc1ccccc1)OC. The van der Waals surface area contributed by atoms with Crippen LogP contribution in [0, 0.1) is 11.8 Å². The van der Waals surface area contributed by atoms with Crippen molar-refractivity contribution in [3.63, 3.8) is 0 Å². The Morgan fingerprint density at radius 1 is 1.15 bits per heavy atom. The lowest BCUT2D eigenvalue weighted by Crippen LogP contribution is -2.49. The van der Waals surface area contributed by atoms with Crippen molar-refractivity contribution in [3.8, 4) is 0 Å². The van der Waals surface area contributed by atoms with Gasteiger partial charge in [0.2, 0.25) is 5.91 Å². The number of esters is 1. The van der Waals surface area contributed by atoms with Crippen molar-refractivity contribution < 1.29 is 23.8 Å². The highest BCUT2D eigenvalue weighted by Gasteiger charge is 2.40. The van der Waals surface area contributed by atoms with Crippen LogP contribution in [-0.2, 0) is 30.4 Å². The molecule has 1 fully saturated rings. The molecule has 0 bridgehead atoms. The van der Waals surface area contributed by atoms with E-state index in [2.05, 4.69) is 19.2 Å². The van der Waals surface area contributed by atoms with Crippen molar-refractivity contribution in [2.75, 3.05) is 27.8 Å². The first-order valence-electron chi connectivity index (χ1n) is 12.0. The molecule has 0 aliphatic carbocycles. The number of hydrogen-bond donors (Lipinski definition) is 0. The fourth-order valence-electron chi connectivity index (χ4n) is 4.79. The third-order valence-corrected chi connectivity index (χ3v) is 6.94. The molecule has 1 amide bonds. The number of rotatable bonds is 13. The summed E-state index contributed by atoms with van der Waals surface area (Å²) in [5, 5.41) is 4.50. The summed E-state index contributed by atoms with van der Waals surface area (Å²) in [7, 11) is 5.03. The van der Waals surface area contributed by atoms with E-state index in [1.165, 1.54) is 0 Å². The minimum atomic E-state index is -0.492. The van der Waals surface area contributed by atoms with Gasteiger partial charge >= 0.3 is 5.97 Å². The molecule has 6 atom stereocenters. The van der Waals surface area contributed by atoms with Gasteiger partial charge in [-0.2, -0.15) is 7.05 Å². The van der Waals surface area contributed by atoms with Crippen LogP contribution >= 0.6 is 0 Å². The molecule has 0 spiro atoms. The average molecular weight is 462 g/mol. The zero-order valence-electron chi connectivity index (χ0n) is 21.0. The normalized spacial score (nSPS) is 20.7. The van der Waals surface area contributed by atoms with Gasteiger partial charge in [-0.3, -0.25) is 9.59 Å². The highest BCUT2D eigenvalue weighted by atomic mass is 16.5. The molecule has 0 radical (unpaired) electrons. The molecular formula is C26H41N2O5-. The second kappa shape index (κ2) is 13.7. The Bertz CT molecular complexity index is 729. The molecule has 1 aromatic carbocycles. The van der Waals surface area contributed by atoms with Gasteiger partial charge in [0.25, 0.3) is 0 Å². The summed E-state index contributed by atoms with van der Waals surface area (Å²) >= 11 is 0. The zero-order chi connectivity index (χ0) is 24.4. The van der Waals surface area contributed by atoms with E-state index in [0.29, 0.717) is 12.5 Å². The number of benzene rings is 1. The molecule has 0 unspecified atom stereocenters. The summed E-state index contributed by atoms with van der Waals surface area (Å²) in [6.07, 6.45) is 2.21. The number of carbonyl (C=O) groups is 2. The molecule has 2 rings (SSSR count). The third-order valence-electron chi connectivity index (χ3n) is 6.94. The van der Waals surface area contributed by atoms with E-state index in [-0.39, 0.29) is 43.1 Å². The summed E-state index contributed by atoms with van der Waals surface area (Å²) in [4.78, 5) is 28.0. The van der Waals surface area contributed by atoms with Gasteiger partial charge in [-0.15, -0.1) is 6.04 Å². The van der Waals surface area contributed by atoms with Crippen LogP contribution in [-0.4, -0.2) is 68.9 Å². The number of likely N-dealkylation sites (N-methyl/N-ethyl adjacent to an activating group) is 1. The lowest BCUT2D eigenvalue weighted by molar-refractivity contribution is -0.158. The Balaban J connectivity index is 2.04. The number of likely N-dealkylation sites (tertiary alicyclic amines) is 1. The molecule has 7 heteroatoms. The van der Waals surface area contributed by atoms with E-state index >= 15 is 0 Å². The minimum absolute atomic E-state index is 0.0215. The van der Waals surface area contributed by atoms with Gasteiger partial charge in [0, 0.05) is 20.8 Å². The Morgan fingerprint density at radius 2 is 1.85 bits per heavy atom. The predicted molar refractivity (Wildman–Crippen MR) is 129 cm³/mol. The van der Waals surface area contributed by atoms with Gasteiger partial charge < -0.3 is 24.4 Å². The van der Waals surface area contributed by atoms with Crippen LogP contribution in [0.3, 0.4) is 0 Å². The van der Waals surface area contributed by atoms with Gasteiger partial charge in [-0.1, -0.05) is 56.5 Å². The molecule has 33 heavy (non-hydrogen) atoms. The highest BCUT2D eigenvalue weighted by Crippen LogP contribution is 2.29. The van der Waals surface area contributed by atoms with Gasteiger partial charge in [-0.05, 0) is 25.3 Å². The molecule has 7 nitrogen and oxygen atoms in total. The molecular weight excluding hydrogens is 420 g/mol. The molecule has 186 valence electrons.